The summed E-state index contributed by atoms with van der Waals surface area (Å²) in [4.78, 5) is 46.5. The third-order valence-electron chi connectivity index (χ3n) is 7.83. The maximum absolute atomic E-state index is 13.4. The first kappa shape index (κ1) is 26.6. The van der Waals surface area contributed by atoms with E-state index >= 15 is 0 Å². The number of carbonyl (C=O) groups is 2. The monoisotopic (exact) mass is 554 g/mol. The van der Waals surface area contributed by atoms with Gasteiger partial charge in [-0.15, -0.1) is 0 Å². The van der Waals surface area contributed by atoms with Gasteiger partial charge in [-0.05, 0) is 53.9 Å². The van der Waals surface area contributed by atoms with Gasteiger partial charge in [-0.25, -0.2) is 9.37 Å². The zero-order valence-electron chi connectivity index (χ0n) is 22.6. The highest BCUT2D eigenvalue weighted by molar-refractivity contribution is 5.99. The molecule has 2 saturated heterocycles. The Morgan fingerprint density at radius 3 is 2.37 bits per heavy atom. The maximum atomic E-state index is 13.4. The van der Waals surface area contributed by atoms with Gasteiger partial charge in [-0.2, -0.15) is 0 Å². The van der Waals surface area contributed by atoms with Crippen molar-refractivity contribution in [2.75, 3.05) is 36.4 Å². The summed E-state index contributed by atoms with van der Waals surface area (Å²) in [5, 5.41) is 6.09. The number of anilines is 2. The minimum absolute atomic E-state index is 0.184. The molecule has 0 saturated carbocycles. The van der Waals surface area contributed by atoms with E-state index in [-0.39, 0.29) is 30.1 Å². The number of nitrogens with one attached hydrogen (secondary N) is 2. The molecule has 2 fully saturated rings. The molecule has 1 atom stereocenters. The van der Waals surface area contributed by atoms with Crippen LogP contribution in [0.2, 0.25) is 0 Å². The van der Waals surface area contributed by atoms with Gasteiger partial charge in [0.2, 0.25) is 11.8 Å². The number of carbonyl (C=O) groups excluding carboxylic acids is 2. The van der Waals surface area contributed by atoms with E-state index in [0.717, 1.165) is 44.0 Å². The van der Waals surface area contributed by atoms with Gasteiger partial charge in [0.15, 0.2) is 0 Å². The molecular formula is C31H31FN6O3. The normalized spacial score (nSPS) is 18.0. The maximum Gasteiger partial charge on any atom is 0.264 e. The van der Waals surface area contributed by atoms with E-state index in [1.807, 2.05) is 24.3 Å². The number of nitrogens with zero attached hydrogens (tertiary/aromatic N) is 4. The Labute approximate surface area is 236 Å². The van der Waals surface area contributed by atoms with Crippen molar-refractivity contribution in [3.63, 3.8) is 0 Å². The second-order valence-corrected chi connectivity index (χ2v) is 10.5. The Morgan fingerprint density at radius 1 is 0.902 bits per heavy atom. The van der Waals surface area contributed by atoms with Crippen LogP contribution < -0.4 is 21.1 Å². The van der Waals surface area contributed by atoms with Gasteiger partial charge >= 0.3 is 0 Å². The van der Waals surface area contributed by atoms with Gasteiger partial charge in [0, 0.05) is 57.1 Å². The number of aromatic nitrogens is 2. The molecule has 1 aromatic heterocycles. The van der Waals surface area contributed by atoms with Crippen LogP contribution in [0.3, 0.4) is 0 Å². The van der Waals surface area contributed by atoms with Gasteiger partial charge in [-0.1, -0.05) is 30.3 Å². The number of piperidine rings is 1. The fourth-order valence-corrected chi connectivity index (χ4v) is 5.53. The standard InChI is InChI=1S/C31H31FN6O3/c32-23-8-10-24(11-9-23)37-16-14-36(15-17-37)19-22-6-4-21(5-7-22)18-33-25-2-1-3-26-29(25)31(41)38(20-34-26)27-12-13-28(39)35-30(27)40/h1-11,20,27,33H,12-19H2,(H,35,39,40). The van der Waals surface area contributed by atoms with Crippen LogP contribution in [0.1, 0.15) is 30.0 Å². The lowest BCUT2D eigenvalue weighted by molar-refractivity contribution is -0.135. The summed E-state index contributed by atoms with van der Waals surface area (Å²) < 4.78 is 14.6. The smallest absolute Gasteiger partial charge is 0.264 e. The molecule has 6 rings (SSSR count). The fraction of sp³-hybridized carbons (Fsp3) is 0.290. The molecule has 0 radical (unpaired) electrons. The van der Waals surface area contributed by atoms with Crippen LogP contribution in [0, 0.1) is 5.82 Å². The lowest BCUT2D eigenvalue weighted by Gasteiger charge is -2.36. The van der Waals surface area contributed by atoms with Crippen molar-refractivity contribution in [3.8, 4) is 0 Å². The topological polar surface area (TPSA) is 99.6 Å². The summed E-state index contributed by atoms with van der Waals surface area (Å²) in [7, 11) is 0. The van der Waals surface area contributed by atoms with Crippen LogP contribution in [-0.2, 0) is 22.7 Å². The summed E-state index contributed by atoms with van der Waals surface area (Å²) in [6.07, 6.45) is 1.84. The molecule has 210 valence electrons. The molecule has 4 aromatic rings. The SMILES string of the molecule is O=C1CCC(n2cnc3cccc(NCc4ccc(CN5CCN(c6ccc(F)cc6)CC5)cc4)c3c2=O)C(=O)N1. The summed E-state index contributed by atoms with van der Waals surface area (Å²) in [5.41, 5.74) is 4.22. The average Bonchev–Trinajstić information content (AvgIpc) is 2.98. The summed E-state index contributed by atoms with van der Waals surface area (Å²) in [6.45, 7) is 5.05. The van der Waals surface area contributed by atoms with Crippen molar-refractivity contribution in [1.82, 2.24) is 19.8 Å². The van der Waals surface area contributed by atoms with Gasteiger partial charge < -0.3 is 10.2 Å². The number of piperazine rings is 1. The Bertz CT molecular complexity index is 1630. The van der Waals surface area contributed by atoms with Crippen molar-refractivity contribution in [1.29, 1.82) is 0 Å². The van der Waals surface area contributed by atoms with Gasteiger partial charge in [0.1, 0.15) is 11.9 Å². The van der Waals surface area contributed by atoms with Crippen molar-refractivity contribution in [3.05, 3.63) is 100 Å². The molecule has 10 heteroatoms. The van der Waals surface area contributed by atoms with E-state index in [9.17, 15) is 18.8 Å². The van der Waals surface area contributed by atoms with Gasteiger partial charge in [0.05, 0.1) is 17.2 Å². The van der Waals surface area contributed by atoms with E-state index in [0.29, 0.717) is 23.1 Å². The van der Waals surface area contributed by atoms with Crippen molar-refractivity contribution in [2.45, 2.75) is 32.0 Å². The molecule has 9 nitrogen and oxygen atoms in total. The lowest BCUT2D eigenvalue weighted by atomic mass is 10.1. The molecule has 1 unspecified atom stereocenters. The van der Waals surface area contributed by atoms with Crippen LogP contribution in [-0.4, -0.2) is 52.4 Å². The Balaban J connectivity index is 1.09. The van der Waals surface area contributed by atoms with E-state index in [4.69, 9.17) is 0 Å². The molecular weight excluding hydrogens is 523 g/mol. The predicted molar refractivity (Wildman–Crippen MR) is 155 cm³/mol. The number of halogens is 1. The molecule has 2 amide bonds. The van der Waals surface area contributed by atoms with Gasteiger partial charge in [0.25, 0.3) is 5.56 Å². The quantitative estimate of drug-likeness (QED) is 0.338. The van der Waals surface area contributed by atoms with Crippen LogP contribution in [0.15, 0.2) is 77.9 Å². The number of hydrogen-bond donors (Lipinski definition) is 2. The van der Waals surface area contributed by atoms with Gasteiger partial charge in [-0.3, -0.25) is 29.2 Å². The highest BCUT2D eigenvalue weighted by atomic mass is 19.1. The molecule has 41 heavy (non-hydrogen) atoms. The van der Waals surface area contributed by atoms with Crippen LogP contribution in [0.5, 0.6) is 0 Å². The van der Waals surface area contributed by atoms with E-state index in [1.165, 1.54) is 28.6 Å². The molecule has 0 spiro atoms. The highest BCUT2D eigenvalue weighted by Gasteiger charge is 2.29. The van der Waals surface area contributed by atoms with Crippen molar-refractivity contribution >= 4 is 34.1 Å². The van der Waals surface area contributed by atoms with Crippen molar-refractivity contribution < 1.29 is 14.0 Å². The summed E-state index contributed by atoms with van der Waals surface area (Å²) >= 11 is 0. The zero-order valence-corrected chi connectivity index (χ0v) is 22.6. The Hall–Kier alpha value is -4.57. The minimum atomic E-state index is -0.761. The number of fused-ring (bicyclic) bond motifs is 1. The highest BCUT2D eigenvalue weighted by Crippen LogP contribution is 2.23. The average molecular weight is 555 g/mol. The molecule has 2 N–H and O–H groups in total. The lowest BCUT2D eigenvalue weighted by Crippen LogP contribution is -2.45. The summed E-state index contributed by atoms with van der Waals surface area (Å²) in [5.74, 6) is -1.02. The molecule has 0 aliphatic carbocycles. The predicted octanol–water partition coefficient (Wildman–Crippen LogP) is 3.45. The van der Waals surface area contributed by atoms with E-state index in [2.05, 4.69) is 49.7 Å². The van der Waals surface area contributed by atoms with Crippen molar-refractivity contribution in [2.24, 2.45) is 0 Å². The summed E-state index contributed by atoms with van der Waals surface area (Å²) in [6, 6.07) is 19.8. The largest absolute Gasteiger partial charge is 0.380 e. The van der Waals surface area contributed by atoms with E-state index in [1.54, 1.807) is 6.07 Å². The van der Waals surface area contributed by atoms with E-state index < -0.39 is 11.9 Å². The molecule has 2 aliphatic heterocycles. The molecule has 3 heterocycles. The van der Waals surface area contributed by atoms with Crippen LogP contribution in [0.4, 0.5) is 15.8 Å². The zero-order chi connectivity index (χ0) is 28.3. The molecule has 0 bridgehead atoms. The molecule has 2 aliphatic rings. The first-order valence-corrected chi connectivity index (χ1v) is 13.8. The third-order valence-corrected chi connectivity index (χ3v) is 7.83. The Morgan fingerprint density at radius 2 is 1.63 bits per heavy atom. The first-order valence-electron chi connectivity index (χ1n) is 13.8. The second-order valence-electron chi connectivity index (χ2n) is 10.5. The van der Waals surface area contributed by atoms with Crippen LogP contribution >= 0.6 is 0 Å². The van der Waals surface area contributed by atoms with Crippen LogP contribution in [0.25, 0.3) is 10.9 Å². The minimum Gasteiger partial charge on any atom is -0.380 e. The second kappa shape index (κ2) is 11.5. The molecule has 3 aromatic carbocycles. The fourth-order valence-electron chi connectivity index (χ4n) is 5.53. The number of hydrogen-bond acceptors (Lipinski definition) is 7. The number of rotatable bonds is 7. The number of amides is 2. The first-order chi connectivity index (χ1) is 19.9. The number of benzene rings is 3. The third kappa shape index (κ3) is 5.83. The number of imide groups is 1. The Kier molecular flexibility index (Phi) is 7.47.